The molecule has 2 N–H and O–H groups in total. The molecule has 0 atom stereocenters. The van der Waals surface area contributed by atoms with Gasteiger partial charge < -0.3 is 10.3 Å². The Hall–Kier alpha value is -0.580. The van der Waals surface area contributed by atoms with Gasteiger partial charge in [0.05, 0.1) is 11.0 Å². The molecule has 0 bridgehead atoms. The number of para-hydroxylation sites is 1. The van der Waals surface area contributed by atoms with E-state index in [0.29, 0.717) is 16.6 Å². The van der Waals surface area contributed by atoms with Crippen molar-refractivity contribution >= 4 is 15.9 Å². The van der Waals surface area contributed by atoms with Crippen molar-refractivity contribution in [2.75, 3.05) is 7.05 Å². The predicted molar refractivity (Wildman–Crippen MR) is 49.1 cm³/mol. The molecule has 1 aromatic carbocycles. The standard InChI is InChI=1S/C8H10BrNO2/c1-10(12)5-6-3-2-4-7(9)8(6)11/h2-4,11-12H,5H2,1H3. The predicted octanol–water partition coefficient (Wildman–Crippen LogP) is 1.98. The first-order valence-electron chi connectivity index (χ1n) is 3.47. The molecule has 0 heterocycles. The molecule has 0 saturated heterocycles. The van der Waals surface area contributed by atoms with E-state index in [0.717, 1.165) is 5.06 Å². The molecule has 0 aliphatic heterocycles. The highest BCUT2D eigenvalue weighted by Crippen LogP contribution is 2.27. The normalized spacial score (nSPS) is 10.7. The lowest BCUT2D eigenvalue weighted by Crippen LogP contribution is -2.11. The largest absolute Gasteiger partial charge is 0.506 e. The minimum absolute atomic E-state index is 0.179. The minimum Gasteiger partial charge on any atom is -0.506 e. The second-order valence-corrected chi connectivity index (χ2v) is 3.42. The molecule has 4 heteroatoms. The van der Waals surface area contributed by atoms with E-state index < -0.39 is 0 Å². The highest BCUT2D eigenvalue weighted by molar-refractivity contribution is 9.10. The molecular formula is C8H10BrNO2. The zero-order chi connectivity index (χ0) is 9.14. The number of benzene rings is 1. The molecule has 0 unspecified atom stereocenters. The third-order valence-electron chi connectivity index (χ3n) is 1.47. The lowest BCUT2D eigenvalue weighted by molar-refractivity contribution is -0.0735. The zero-order valence-electron chi connectivity index (χ0n) is 6.66. The Kier molecular flexibility index (Phi) is 3.08. The Bertz CT molecular complexity index is 276. The number of hydrogen-bond donors (Lipinski definition) is 2. The Balaban J connectivity index is 2.92. The van der Waals surface area contributed by atoms with Crippen LogP contribution in [-0.4, -0.2) is 22.4 Å². The van der Waals surface area contributed by atoms with E-state index >= 15 is 0 Å². The zero-order valence-corrected chi connectivity index (χ0v) is 8.24. The van der Waals surface area contributed by atoms with Crippen LogP contribution < -0.4 is 0 Å². The van der Waals surface area contributed by atoms with Gasteiger partial charge in [-0.1, -0.05) is 12.1 Å². The first-order chi connectivity index (χ1) is 5.61. The van der Waals surface area contributed by atoms with Gasteiger partial charge >= 0.3 is 0 Å². The molecule has 3 nitrogen and oxygen atoms in total. The van der Waals surface area contributed by atoms with Crippen molar-refractivity contribution in [2.24, 2.45) is 0 Å². The lowest BCUT2D eigenvalue weighted by atomic mass is 10.2. The summed E-state index contributed by atoms with van der Waals surface area (Å²) in [5.74, 6) is 0.179. The van der Waals surface area contributed by atoms with Crippen LogP contribution in [0.25, 0.3) is 0 Å². The molecule has 1 aromatic rings. The molecule has 0 spiro atoms. The molecule has 0 saturated carbocycles. The molecule has 0 aliphatic rings. The van der Waals surface area contributed by atoms with Crippen LogP contribution >= 0.6 is 15.9 Å². The van der Waals surface area contributed by atoms with Gasteiger partial charge in [-0.25, -0.2) is 0 Å². The van der Waals surface area contributed by atoms with Gasteiger partial charge in [-0.2, -0.15) is 5.06 Å². The van der Waals surface area contributed by atoms with E-state index in [1.165, 1.54) is 7.05 Å². The summed E-state index contributed by atoms with van der Waals surface area (Å²) in [5, 5.41) is 19.4. The van der Waals surface area contributed by atoms with Crippen LogP contribution in [0.4, 0.5) is 0 Å². The van der Waals surface area contributed by atoms with Crippen molar-refractivity contribution < 1.29 is 10.3 Å². The Morgan fingerprint density at radius 2 is 2.17 bits per heavy atom. The van der Waals surface area contributed by atoms with Gasteiger partial charge in [0.1, 0.15) is 5.75 Å². The molecule has 0 aliphatic carbocycles. The lowest BCUT2D eigenvalue weighted by Gasteiger charge is -2.09. The van der Waals surface area contributed by atoms with Crippen molar-refractivity contribution in [2.45, 2.75) is 6.54 Å². The Morgan fingerprint density at radius 3 is 2.75 bits per heavy atom. The maximum atomic E-state index is 9.46. The van der Waals surface area contributed by atoms with Crippen molar-refractivity contribution in [1.82, 2.24) is 5.06 Å². The molecule has 66 valence electrons. The summed E-state index contributed by atoms with van der Waals surface area (Å²) in [5.41, 5.74) is 0.689. The van der Waals surface area contributed by atoms with Crippen molar-refractivity contribution in [3.63, 3.8) is 0 Å². The summed E-state index contributed by atoms with van der Waals surface area (Å²) in [7, 11) is 1.53. The Labute approximate surface area is 79.3 Å². The number of rotatable bonds is 2. The number of phenolic OH excluding ortho intramolecular Hbond substituents is 1. The van der Waals surface area contributed by atoms with Crippen molar-refractivity contribution in [3.05, 3.63) is 28.2 Å². The molecule has 1 rings (SSSR count). The average molecular weight is 232 g/mol. The second-order valence-electron chi connectivity index (χ2n) is 2.56. The Morgan fingerprint density at radius 1 is 1.50 bits per heavy atom. The topological polar surface area (TPSA) is 43.7 Å². The highest BCUT2D eigenvalue weighted by Gasteiger charge is 2.05. The van der Waals surface area contributed by atoms with Crippen molar-refractivity contribution in [1.29, 1.82) is 0 Å². The third-order valence-corrected chi connectivity index (χ3v) is 2.11. The van der Waals surface area contributed by atoms with Gasteiger partial charge in [-0.3, -0.25) is 0 Å². The smallest absolute Gasteiger partial charge is 0.134 e. The van der Waals surface area contributed by atoms with Gasteiger partial charge in [-0.05, 0) is 22.0 Å². The molecule has 0 fully saturated rings. The van der Waals surface area contributed by atoms with E-state index in [-0.39, 0.29) is 5.75 Å². The monoisotopic (exact) mass is 231 g/mol. The summed E-state index contributed by atoms with van der Waals surface area (Å²) in [6, 6.07) is 5.31. The number of hydroxylamine groups is 2. The number of aromatic hydroxyl groups is 1. The van der Waals surface area contributed by atoms with E-state index in [4.69, 9.17) is 5.21 Å². The number of hydrogen-bond acceptors (Lipinski definition) is 3. The first-order valence-corrected chi connectivity index (χ1v) is 4.27. The SMILES string of the molecule is CN(O)Cc1cccc(Br)c1O. The summed E-state index contributed by atoms with van der Waals surface area (Å²) in [6.45, 7) is 0.311. The fourth-order valence-electron chi connectivity index (χ4n) is 0.934. The number of phenols is 1. The van der Waals surface area contributed by atoms with E-state index in [1.807, 2.05) is 6.07 Å². The van der Waals surface area contributed by atoms with Gasteiger partial charge in [0.2, 0.25) is 0 Å². The van der Waals surface area contributed by atoms with Gasteiger partial charge in [0.15, 0.2) is 0 Å². The fraction of sp³-hybridized carbons (Fsp3) is 0.250. The van der Waals surface area contributed by atoms with E-state index in [1.54, 1.807) is 12.1 Å². The highest BCUT2D eigenvalue weighted by atomic mass is 79.9. The van der Waals surface area contributed by atoms with Crippen LogP contribution in [-0.2, 0) is 6.54 Å². The molecule has 0 amide bonds. The van der Waals surface area contributed by atoms with Crippen LogP contribution in [0.5, 0.6) is 5.75 Å². The number of nitrogens with zero attached hydrogens (tertiary/aromatic N) is 1. The first kappa shape index (κ1) is 9.51. The average Bonchev–Trinajstić information content (AvgIpc) is 1.98. The van der Waals surface area contributed by atoms with Crippen molar-refractivity contribution in [3.8, 4) is 5.75 Å². The van der Waals surface area contributed by atoms with Gasteiger partial charge in [0.25, 0.3) is 0 Å². The van der Waals surface area contributed by atoms with Crippen LogP contribution in [0, 0.1) is 0 Å². The maximum absolute atomic E-state index is 9.46. The molecule has 0 aromatic heterocycles. The molecule has 12 heavy (non-hydrogen) atoms. The number of halogens is 1. The third kappa shape index (κ3) is 2.20. The molecule has 0 radical (unpaired) electrons. The maximum Gasteiger partial charge on any atom is 0.134 e. The summed E-state index contributed by atoms with van der Waals surface area (Å²) >= 11 is 3.19. The van der Waals surface area contributed by atoms with E-state index in [2.05, 4.69) is 15.9 Å². The summed E-state index contributed by atoms with van der Waals surface area (Å²) in [4.78, 5) is 0. The molecular weight excluding hydrogens is 222 g/mol. The summed E-state index contributed by atoms with van der Waals surface area (Å²) in [6.07, 6.45) is 0. The van der Waals surface area contributed by atoms with Gasteiger partial charge in [0, 0.05) is 12.6 Å². The van der Waals surface area contributed by atoms with Crippen LogP contribution in [0.15, 0.2) is 22.7 Å². The van der Waals surface area contributed by atoms with Crippen LogP contribution in [0.1, 0.15) is 5.56 Å². The minimum atomic E-state index is 0.179. The van der Waals surface area contributed by atoms with E-state index in [9.17, 15) is 5.11 Å². The quantitative estimate of drug-likeness (QED) is 0.766. The van der Waals surface area contributed by atoms with Gasteiger partial charge in [-0.15, -0.1) is 0 Å². The second kappa shape index (κ2) is 3.89. The fourth-order valence-corrected chi connectivity index (χ4v) is 1.34. The van der Waals surface area contributed by atoms with Crippen LogP contribution in [0.2, 0.25) is 0 Å². The summed E-state index contributed by atoms with van der Waals surface area (Å²) < 4.78 is 0.641. The van der Waals surface area contributed by atoms with Crippen LogP contribution in [0.3, 0.4) is 0 Å².